The Morgan fingerprint density at radius 2 is 1.30 bits per heavy atom. The number of carbonyl (C=O) groups is 1. The molecule has 0 spiro atoms. The third-order valence-electron chi connectivity index (χ3n) is 10.0. The average Bonchev–Trinajstić information content (AvgIpc) is 2.96. The molecule has 250 valence electrons. The van der Waals surface area contributed by atoms with E-state index in [0.29, 0.717) is 63.8 Å². The van der Waals surface area contributed by atoms with Crippen LogP contribution in [0.5, 0.6) is 0 Å². The lowest BCUT2D eigenvalue weighted by Crippen LogP contribution is -2.49. The van der Waals surface area contributed by atoms with Gasteiger partial charge in [0.1, 0.15) is 11.6 Å². The van der Waals surface area contributed by atoms with Gasteiger partial charge in [0, 0.05) is 57.3 Å². The van der Waals surface area contributed by atoms with Crippen LogP contribution in [0.25, 0.3) is 0 Å². The van der Waals surface area contributed by atoms with Crippen LogP contribution in [0.4, 0.5) is 8.78 Å². The van der Waals surface area contributed by atoms with Crippen molar-refractivity contribution in [2.24, 2.45) is 17.8 Å². The van der Waals surface area contributed by atoms with Crippen LogP contribution in [0.1, 0.15) is 76.2 Å². The zero-order valence-electron chi connectivity index (χ0n) is 26.4. The number of amides is 1. The number of piperidine rings is 3. The molecular weight excluding hydrogens is 610 g/mol. The second-order valence-corrected chi connectivity index (χ2v) is 17.1. The number of hydrogen-bond donors (Lipinski definition) is 1. The molecule has 9 nitrogen and oxygen atoms in total. The van der Waals surface area contributed by atoms with Crippen LogP contribution in [0.2, 0.25) is 0 Å². The third kappa shape index (κ3) is 9.67. The topological polar surface area (TPSA) is 107 Å². The van der Waals surface area contributed by atoms with E-state index in [1.165, 1.54) is 33.3 Å². The number of halogens is 2. The number of nitrogens with zero attached hydrogens (tertiary/aromatic N) is 3. The lowest BCUT2D eigenvalue weighted by atomic mass is 9.78. The van der Waals surface area contributed by atoms with E-state index in [1.807, 2.05) is 0 Å². The second-order valence-electron chi connectivity index (χ2n) is 13.1. The van der Waals surface area contributed by atoms with E-state index >= 15 is 0 Å². The number of likely N-dealkylation sites (tertiary alicyclic amines) is 1. The molecule has 1 amide bonds. The van der Waals surface area contributed by atoms with Gasteiger partial charge in [0.05, 0.1) is 12.5 Å². The molecule has 2 unspecified atom stereocenters. The van der Waals surface area contributed by atoms with Crippen molar-refractivity contribution >= 4 is 26.0 Å². The maximum Gasteiger partial charge on any atom is 0.223 e. The fourth-order valence-corrected chi connectivity index (χ4v) is 9.25. The minimum absolute atomic E-state index is 0.0803. The predicted octanol–water partition coefficient (Wildman–Crippen LogP) is 3.78. The van der Waals surface area contributed by atoms with Crippen molar-refractivity contribution < 1.29 is 30.4 Å². The third-order valence-corrected chi connectivity index (χ3v) is 12.6. The number of sulfonamides is 2. The molecule has 0 aromatic heterocycles. The molecule has 0 saturated carbocycles. The summed E-state index contributed by atoms with van der Waals surface area (Å²) in [4.78, 5) is 15.7. The molecule has 3 fully saturated rings. The molecule has 3 aliphatic rings. The predicted molar refractivity (Wildman–Crippen MR) is 168 cm³/mol. The van der Waals surface area contributed by atoms with E-state index in [1.54, 1.807) is 0 Å². The molecule has 13 heteroatoms. The number of rotatable bonds is 12. The Morgan fingerprint density at radius 1 is 0.795 bits per heavy atom. The minimum atomic E-state index is -3.27. The Balaban J connectivity index is 1.30. The normalized spacial score (nSPS) is 22.6. The number of benzene rings is 1. The maximum absolute atomic E-state index is 14.2. The SMILES string of the molecule is CCCC(C(=O)NC1CCN(CCC(c2cc(F)cc(F)c2)C2CCN(S(C)(=O)=O)CC2)CC1)C1CCN(S(C)(=O)=O)CC1. The first kappa shape index (κ1) is 35.2. The van der Waals surface area contributed by atoms with Gasteiger partial charge in [0.25, 0.3) is 0 Å². The molecule has 1 aromatic carbocycles. The van der Waals surface area contributed by atoms with E-state index < -0.39 is 31.7 Å². The first-order chi connectivity index (χ1) is 20.7. The molecular formula is C31H50F2N4O5S2. The Labute approximate surface area is 262 Å². The summed E-state index contributed by atoms with van der Waals surface area (Å²) in [5, 5.41) is 3.30. The molecule has 1 aromatic rings. The van der Waals surface area contributed by atoms with Crippen molar-refractivity contribution in [3.63, 3.8) is 0 Å². The van der Waals surface area contributed by atoms with Crippen molar-refractivity contribution in [3.8, 4) is 0 Å². The van der Waals surface area contributed by atoms with Gasteiger partial charge >= 0.3 is 0 Å². The van der Waals surface area contributed by atoms with Crippen molar-refractivity contribution in [2.45, 2.75) is 76.7 Å². The van der Waals surface area contributed by atoms with Gasteiger partial charge in [-0.3, -0.25) is 4.79 Å². The van der Waals surface area contributed by atoms with Crippen LogP contribution in [0.3, 0.4) is 0 Å². The van der Waals surface area contributed by atoms with Gasteiger partial charge in [-0.15, -0.1) is 0 Å². The van der Waals surface area contributed by atoms with Crippen LogP contribution in [-0.4, -0.2) is 101 Å². The summed E-state index contributed by atoms with van der Waals surface area (Å²) in [7, 11) is -6.48. The molecule has 0 aliphatic carbocycles. The van der Waals surface area contributed by atoms with Gasteiger partial charge in [-0.05, 0) is 93.4 Å². The fourth-order valence-electron chi connectivity index (χ4n) is 7.51. The fraction of sp³-hybridized carbons (Fsp3) is 0.774. The summed E-state index contributed by atoms with van der Waals surface area (Å²) < 4.78 is 79.3. The summed E-state index contributed by atoms with van der Waals surface area (Å²) in [5.41, 5.74) is 0.631. The van der Waals surface area contributed by atoms with Gasteiger partial charge in [-0.25, -0.2) is 34.2 Å². The highest BCUT2D eigenvalue weighted by Gasteiger charge is 2.35. The van der Waals surface area contributed by atoms with Gasteiger partial charge in [-0.2, -0.15) is 0 Å². The summed E-state index contributed by atoms with van der Waals surface area (Å²) in [6.45, 7) is 6.22. The summed E-state index contributed by atoms with van der Waals surface area (Å²) in [6.07, 6.45) is 9.20. The zero-order chi connectivity index (χ0) is 32.1. The molecule has 0 radical (unpaired) electrons. The molecule has 3 saturated heterocycles. The highest BCUT2D eigenvalue weighted by atomic mass is 32.2. The van der Waals surface area contributed by atoms with Gasteiger partial charge in [0.2, 0.25) is 26.0 Å². The van der Waals surface area contributed by atoms with Crippen LogP contribution < -0.4 is 5.32 Å². The van der Waals surface area contributed by atoms with E-state index in [4.69, 9.17) is 0 Å². The quantitative estimate of drug-likeness (QED) is 0.366. The van der Waals surface area contributed by atoms with Crippen molar-refractivity contribution in [2.75, 3.05) is 58.3 Å². The largest absolute Gasteiger partial charge is 0.353 e. The van der Waals surface area contributed by atoms with Crippen LogP contribution in [-0.2, 0) is 24.8 Å². The van der Waals surface area contributed by atoms with Gasteiger partial charge in [0.15, 0.2) is 0 Å². The molecule has 3 heterocycles. The second kappa shape index (κ2) is 15.3. The van der Waals surface area contributed by atoms with Crippen molar-refractivity contribution in [3.05, 3.63) is 35.4 Å². The van der Waals surface area contributed by atoms with Crippen molar-refractivity contribution in [1.82, 2.24) is 18.8 Å². The lowest BCUT2D eigenvalue weighted by Gasteiger charge is -2.38. The molecule has 3 aliphatic heterocycles. The van der Waals surface area contributed by atoms with Gasteiger partial charge < -0.3 is 10.2 Å². The van der Waals surface area contributed by atoms with E-state index in [2.05, 4.69) is 17.1 Å². The molecule has 4 rings (SSSR count). The Hall–Kier alpha value is -1.67. The Morgan fingerprint density at radius 3 is 1.77 bits per heavy atom. The lowest BCUT2D eigenvalue weighted by molar-refractivity contribution is -0.128. The molecule has 1 N–H and O–H groups in total. The highest BCUT2D eigenvalue weighted by molar-refractivity contribution is 7.88. The summed E-state index contributed by atoms with van der Waals surface area (Å²) in [5.74, 6) is -0.996. The maximum atomic E-state index is 14.2. The monoisotopic (exact) mass is 660 g/mol. The number of carbonyl (C=O) groups excluding carboxylic acids is 1. The van der Waals surface area contributed by atoms with Crippen LogP contribution in [0.15, 0.2) is 18.2 Å². The summed E-state index contributed by atoms with van der Waals surface area (Å²) in [6, 6.07) is 3.80. The first-order valence-electron chi connectivity index (χ1n) is 16.1. The minimum Gasteiger partial charge on any atom is -0.353 e. The number of hydrogen-bond acceptors (Lipinski definition) is 6. The molecule has 44 heavy (non-hydrogen) atoms. The Kier molecular flexibility index (Phi) is 12.2. The van der Waals surface area contributed by atoms with E-state index in [0.717, 1.165) is 51.4 Å². The van der Waals surface area contributed by atoms with E-state index in [9.17, 15) is 30.4 Å². The van der Waals surface area contributed by atoms with Crippen molar-refractivity contribution in [1.29, 1.82) is 0 Å². The van der Waals surface area contributed by atoms with Gasteiger partial charge in [-0.1, -0.05) is 13.3 Å². The zero-order valence-corrected chi connectivity index (χ0v) is 28.0. The Bertz CT molecular complexity index is 1300. The average molecular weight is 661 g/mol. The van der Waals surface area contributed by atoms with Crippen LogP contribution in [0, 0.1) is 29.4 Å². The molecule has 2 atom stereocenters. The highest BCUT2D eigenvalue weighted by Crippen LogP contribution is 2.37. The molecule has 0 bridgehead atoms. The first-order valence-corrected chi connectivity index (χ1v) is 19.8. The van der Waals surface area contributed by atoms with E-state index in [-0.39, 0.29) is 35.6 Å². The van der Waals surface area contributed by atoms with Crippen LogP contribution >= 0.6 is 0 Å². The number of nitrogens with one attached hydrogen (secondary N) is 1. The smallest absolute Gasteiger partial charge is 0.223 e. The summed E-state index contributed by atoms with van der Waals surface area (Å²) >= 11 is 0. The standard InChI is InChI=1S/C31H50F2N4O5S2/c1-4-5-30(24-8-18-37(19-9-24)44(3,41)42)31(38)34-28-10-13-35(14-11-28)15-12-29(25-20-26(32)22-27(33)21-25)23-6-16-36(17-7-23)43(2,39)40/h20-24,28-30H,4-19H2,1-3H3,(H,34,38).